The summed E-state index contributed by atoms with van der Waals surface area (Å²) in [6.07, 6.45) is 1.63. The Hall–Kier alpha value is -1.33. The van der Waals surface area contributed by atoms with E-state index in [1.807, 2.05) is 12.1 Å². The lowest BCUT2D eigenvalue weighted by Gasteiger charge is -2.21. The van der Waals surface area contributed by atoms with E-state index >= 15 is 0 Å². The van der Waals surface area contributed by atoms with Gasteiger partial charge in [-0.3, -0.25) is 0 Å². The molecule has 0 aliphatic heterocycles. The minimum Gasteiger partial charge on any atom is -0.395 e. The number of nitrogens with one attached hydrogen (secondary N) is 1. The second kappa shape index (κ2) is 6.21. The van der Waals surface area contributed by atoms with Gasteiger partial charge in [-0.2, -0.15) is 0 Å². The fourth-order valence-corrected chi connectivity index (χ4v) is 3.01. The summed E-state index contributed by atoms with van der Waals surface area (Å²) in [4.78, 5) is 4.26. The average molecular weight is 279 g/mol. The number of nitrogen functional groups attached to an aromatic ring is 1. The third-order valence-electron chi connectivity index (χ3n) is 3.64. The maximum absolute atomic E-state index is 10.1. The molecule has 4 N–H and O–H groups in total. The number of aliphatic hydroxyl groups is 1. The Balaban J connectivity index is 2.07. The van der Waals surface area contributed by atoms with Crippen molar-refractivity contribution in [2.45, 2.75) is 32.8 Å². The number of rotatable bonds is 6. The Kier molecular flexibility index (Phi) is 4.61. The Labute approximate surface area is 117 Å². The van der Waals surface area contributed by atoms with Gasteiger partial charge < -0.3 is 16.2 Å². The van der Waals surface area contributed by atoms with Crippen molar-refractivity contribution in [2.24, 2.45) is 5.92 Å². The molecule has 4 nitrogen and oxygen atoms in total. The SMILES string of the molecule is CCC(CC)C(O)CNc1ccc2scnc2c1N. The van der Waals surface area contributed by atoms with Crippen LogP contribution in [0.4, 0.5) is 11.4 Å². The predicted molar refractivity (Wildman–Crippen MR) is 82.6 cm³/mol. The first-order valence-corrected chi connectivity index (χ1v) is 7.58. The number of thiazole rings is 1. The van der Waals surface area contributed by atoms with Crippen molar-refractivity contribution in [2.75, 3.05) is 17.6 Å². The summed E-state index contributed by atoms with van der Waals surface area (Å²) in [5, 5.41) is 13.4. The highest BCUT2D eigenvalue weighted by Gasteiger charge is 2.16. The van der Waals surface area contributed by atoms with Crippen molar-refractivity contribution >= 4 is 32.9 Å². The highest BCUT2D eigenvalue weighted by Crippen LogP contribution is 2.30. The second-order valence-electron chi connectivity index (χ2n) is 4.75. The fourth-order valence-electron chi connectivity index (χ4n) is 2.32. The molecule has 0 bridgehead atoms. The fraction of sp³-hybridized carbons (Fsp3) is 0.500. The molecule has 0 aliphatic carbocycles. The number of hydrogen-bond donors (Lipinski definition) is 3. The number of nitrogens with two attached hydrogens (primary N) is 1. The number of aromatic nitrogens is 1. The van der Waals surface area contributed by atoms with Gasteiger partial charge in [-0.25, -0.2) is 4.98 Å². The minimum absolute atomic E-state index is 0.330. The molecule has 104 valence electrons. The van der Waals surface area contributed by atoms with Crippen molar-refractivity contribution in [1.82, 2.24) is 4.98 Å². The number of benzene rings is 1. The molecule has 1 aromatic carbocycles. The lowest BCUT2D eigenvalue weighted by atomic mass is 9.96. The molecule has 19 heavy (non-hydrogen) atoms. The average Bonchev–Trinajstić information content (AvgIpc) is 2.88. The molecule has 1 heterocycles. The van der Waals surface area contributed by atoms with Crippen molar-refractivity contribution in [1.29, 1.82) is 0 Å². The second-order valence-corrected chi connectivity index (χ2v) is 5.64. The van der Waals surface area contributed by atoms with E-state index in [1.54, 1.807) is 16.8 Å². The Morgan fingerprint density at radius 1 is 1.37 bits per heavy atom. The van der Waals surface area contributed by atoms with Gasteiger partial charge in [0.25, 0.3) is 0 Å². The van der Waals surface area contributed by atoms with Gasteiger partial charge in [0.15, 0.2) is 0 Å². The Morgan fingerprint density at radius 2 is 2.11 bits per heavy atom. The van der Waals surface area contributed by atoms with Gasteiger partial charge in [-0.05, 0) is 18.1 Å². The molecule has 1 aromatic heterocycles. The van der Waals surface area contributed by atoms with E-state index in [0.717, 1.165) is 28.7 Å². The van der Waals surface area contributed by atoms with E-state index < -0.39 is 0 Å². The largest absolute Gasteiger partial charge is 0.395 e. The first-order valence-electron chi connectivity index (χ1n) is 6.71. The topological polar surface area (TPSA) is 71.2 Å². The van der Waals surface area contributed by atoms with Crippen LogP contribution in [0.1, 0.15) is 26.7 Å². The molecule has 5 heteroatoms. The molecule has 0 spiro atoms. The Morgan fingerprint density at radius 3 is 2.79 bits per heavy atom. The summed E-state index contributed by atoms with van der Waals surface area (Å²) < 4.78 is 1.09. The molecule has 0 fully saturated rings. The summed E-state index contributed by atoms with van der Waals surface area (Å²) in [6, 6.07) is 3.96. The molecule has 0 aliphatic rings. The van der Waals surface area contributed by atoms with Crippen LogP contribution in [0.5, 0.6) is 0 Å². The predicted octanol–water partition coefficient (Wildman–Crippen LogP) is 3.09. The van der Waals surface area contributed by atoms with E-state index in [-0.39, 0.29) is 6.10 Å². The first kappa shape index (κ1) is 14.1. The van der Waals surface area contributed by atoms with Crippen LogP contribution in [-0.4, -0.2) is 22.7 Å². The maximum Gasteiger partial charge on any atom is 0.106 e. The van der Waals surface area contributed by atoms with Crippen LogP contribution in [0.2, 0.25) is 0 Å². The zero-order valence-corrected chi connectivity index (χ0v) is 12.2. The third kappa shape index (κ3) is 2.98. The standard InChI is InChI=1S/C14H21N3OS/c1-3-9(4-2)11(18)7-16-10-5-6-12-14(13(10)15)17-8-19-12/h5-6,8-9,11,16,18H,3-4,7,15H2,1-2H3. The van der Waals surface area contributed by atoms with E-state index in [2.05, 4.69) is 24.1 Å². The van der Waals surface area contributed by atoms with Crippen molar-refractivity contribution in [3.05, 3.63) is 17.6 Å². The number of hydrogen-bond acceptors (Lipinski definition) is 5. The highest BCUT2D eigenvalue weighted by molar-refractivity contribution is 7.16. The zero-order chi connectivity index (χ0) is 13.8. The monoisotopic (exact) mass is 279 g/mol. The third-order valence-corrected chi connectivity index (χ3v) is 4.43. The van der Waals surface area contributed by atoms with Gasteiger partial charge in [-0.15, -0.1) is 11.3 Å². The quantitative estimate of drug-likeness (QED) is 0.711. The first-order chi connectivity index (χ1) is 9.17. The number of nitrogens with zero attached hydrogens (tertiary/aromatic N) is 1. The summed E-state index contributed by atoms with van der Waals surface area (Å²) in [6.45, 7) is 4.73. The van der Waals surface area contributed by atoms with Crippen LogP contribution in [0.3, 0.4) is 0 Å². The van der Waals surface area contributed by atoms with Gasteiger partial charge in [0.2, 0.25) is 0 Å². The minimum atomic E-state index is -0.347. The van der Waals surface area contributed by atoms with E-state index in [9.17, 15) is 5.11 Å². The molecular weight excluding hydrogens is 258 g/mol. The molecule has 0 saturated carbocycles. The normalized spacial score (nSPS) is 13.1. The maximum atomic E-state index is 10.1. The van der Waals surface area contributed by atoms with Gasteiger partial charge in [0, 0.05) is 6.54 Å². The van der Waals surface area contributed by atoms with Crippen molar-refractivity contribution in [3.63, 3.8) is 0 Å². The van der Waals surface area contributed by atoms with Gasteiger partial charge in [-0.1, -0.05) is 26.7 Å². The van der Waals surface area contributed by atoms with Gasteiger partial charge >= 0.3 is 0 Å². The molecule has 2 aromatic rings. The van der Waals surface area contributed by atoms with E-state index in [1.165, 1.54) is 0 Å². The van der Waals surface area contributed by atoms with Crippen molar-refractivity contribution in [3.8, 4) is 0 Å². The molecule has 0 radical (unpaired) electrons. The molecule has 2 rings (SSSR count). The summed E-state index contributed by atoms with van der Waals surface area (Å²) in [5.41, 5.74) is 10.2. The summed E-state index contributed by atoms with van der Waals surface area (Å²) in [5.74, 6) is 0.330. The van der Waals surface area contributed by atoms with Crippen LogP contribution in [-0.2, 0) is 0 Å². The van der Waals surface area contributed by atoms with Gasteiger partial charge in [0.1, 0.15) is 5.52 Å². The van der Waals surface area contributed by atoms with E-state index in [0.29, 0.717) is 18.2 Å². The van der Waals surface area contributed by atoms with Crippen LogP contribution < -0.4 is 11.1 Å². The number of aliphatic hydroxyl groups excluding tert-OH is 1. The smallest absolute Gasteiger partial charge is 0.106 e. The van der Waals surface area contributed by atoms with Gasteiger partial charge in [0.05, 0.1) is 27.7 Å². The lowest BCUT2D eigenvalue weighted by Crippen LogP contribution is -2.27. The lowest BCUT2D eigenvalue weighted by molar-refractivity contribution is 0.114. The number of anilines is 2. The Bertz CT molecular complexity index is 536. The summed E-state index contributed by atoms with van der Waals surface area (Å²) >= 11 is 1.58. The summed E-state index contributed by atoms with van der Waals surface area (Å²) in [7, 11) is 0. The van der Waals surface area contributed by atoms with Crippen LogP contribution in [0.15, 0.2) is 17.6 Å². The van der Waals surface area contributed by atoms with Crippen molar-refractivity contribution < 1.29 is 5.11 Å². The van der Waals surface area contributed by atoms with Crippen LogP contribution in [0.25, 0.3) is 10.2 Å². The van der Waals surface area contributed by atoms with Crippen LogP contribution in [0, 0.1) is 5.92 Å². The molecule has 1 atom stereocenters. The zero-order valence-electron chi connectivity index (χ0n) is 11.4. The molecule has 1 unspecified atom stereocenters. The highest BCUT2D eigenvalue weighted by atomic mass is 32.1. The van der Waals surface area contributed by atoms with E-state index in [4.69, 9.17) is 5.73 Å². The molecule has 0 saturated heterocycles. The molecular formula is C14H21N3OS. The molecule has 0 amide bonds. The number of fused-ring (bicyclic) bond motifs is 1. The van der Waals surface area contributed by atoms with Crippen LogP contribution >= 0.6 is 11.3 Å².